The Hall–Kier alpha value is -3.14. The second-order valence-electron chi connectivity index (χ2n) is 10.2. The van der Waals surface area contributed by atoms with Crippen LogP contribution in [-0.2, 0) is 22.7 Å². The number of oxazole rings is 1. The van der Waals surface area contributed by atoms with E-state index in [1.165, 1.54) is 0 Å². The Labute approximate surface area is 241 Å². The van der Waals surface area contributed by atoms with Crippen molar-refractivity contribution in [3.63, 3.8) is 0 Å². The van der Waals surface area contributed by atoms with Crippen LogP contribution in [0.3, 0.4) is 0 Å². The first-order chi connectivity index (χ1) is 19.2. The summed E-state index contributed by atoms with van der Waals surface area (Å²) in [4.78, 5) is 31.5. The Morgan fingerprint density at radius 1 is 1.15 bits per heavy atom. The lowest BCUT2D eigenvalue weighted by Gasteiger charge is -2.19. The third-order valence-corrected chi connectivity index (χ3v) is 7.23. The first-order valence-corrected chi connectivity index (χ1v) is 15.0. The number of nitrogens with one attached hydrogen (secondary N) is 1. The summed E-state index contributed by atoms with van der Waals surface area (Å²) < 4.78 is 12.4. The number of aliphatic carboxylic acids is 1. The van der Waals surface area contributed by atoms with E-state index in [1.54, 1.807) is 24.0 Å². The van der Waals surface area contributed by atoms with Gasteiger partial charge in [-0.25, -0.2) is 9.78 Å². The first kappa shape index (κ1) is 31.4. The molecular weight excluding hydrogens is 526 g/mol. The minimum atomic E-state index is -1.04. The summed E-state index contributed by atoms with van der Waals surface area (Å²) in [6.07, 6.45) is 6.62. The number of carboxylic acid groups (broad SMARTS) is 1. The average Bonchev–Trinajstić information content (AvgIpc) is 3.38. The van der Waals surface area contributed by atoms with Crippen LogP contribution in [0.25, 0.3) is 11.1 Å². The molecule has 3 rings (SSSR count). The third kappa shape index (κ3) is 8.94. The summed E-state index contributed by atoms with van der Waals surface area (Å²) in [5.41, 5.74) is 4.00. The topological polar surface area (TPSA) is 105 Å². The van der Waals surface area contributed by atoms with E-state index in [-0.39, 0.29) is 6.10 Å². The molecule has 2 atom stereocenters. The Balaban J connectivity index is 1.88. The molecule has 0 radical (unpaired) electrons. The minimum absolute atomic E-state index is 0.235. The average molecular weight is 568 g/mol. The van der Waals surface area contributed by atoms with E-state index in [2.05, 4.69) is 17.2 Å². The zero-order valence-corrected chi connectivity index (χ0v) is 24.9. The molecule has 9 heteroatoms. The number of carbonyl (C=O) groups is 2. The standard InChI is InChI=1S/C31H41N3O5S/c1-6-7-12-27(28-18-32-29(39-28)19-34(3)4)38-20-22-13-14-24(25(17-22)23-11-9-8-10-21(23)2)30(35)33-26(31(36)37)15-16-40-5/h8-11,13-14,17-18,26-27H,6-7,12,15-16,19-20H2,1-5H3,(H,33,35)(H,36,37)/t26-,27+/m0/s1. The summed E-state index contributed by atoms with van der Waals surface area (Å²) in [7, 11) is 3.94. The molecule has 1 amide bonds. The highest BCUT2D eigenvalue weighted by molar-refractivity contribution is 7.98. The molecule has 0 aliphatic carbocycles. The van der Waals surface area contributed by atoms with Gasteiger partial charge in [-0.15, -0.1) is 0 Å². The van der Waals surface area contributed by atoms with Crippen molar-refractivity contribution in [2.45, 2.75) is 64.8 Å². The van der Waals surface area contributed by atoms with Gasteiger partial charge in [-0.05, 0) is 80.3 Å². The Morgan fingerprint density at radius 2 is 1.93 bits per heavy atom. The number of aromatic nitrogens is 1. The van der Waals surface area contributed by atoms with E-state index in [0.29, 0.717) is 42.5 Å². The van der Waals surface area contributed by atoms with Gasteiger partial charge >= 0.3 is 5.97 Å². The molecule has 40 heavy (non-hydrogen) atoms. The predicted molar refractivity (Wildman–Crippen MR) is 159 cm³/mol. The van der Waals surface area contributed by atoms with Gasteiger partial charge in [-0.2, -0.15) is 11.8 Å². The van der Waals surface area contributed by atoms with Crippen molar-refractivity contribution >= 4 is 23.6 Å². The van der Waals surface area contributed by atoms with Crippen molar-refractivity contribution in [2.24, 2.45) is 0 Å². The number of rotatable bonds is 16. The van der Waals surface area contributed by atoms with Crippen LogP contribution >= 0.6 is 11.8 Å². The van der Waals surface area contributed by atoms with E-state index < -0.39 is 17.9 Å². The summed E-state index contributed by atoms with van der Waals surface area (Å²) >= 11 is 1.55. The number of benzene rings is 2. The predicted octanol–water partition coefficient (Wildman–Crippen LogP) is 6.10. The second kappa shape index (κ2) is 15.6. The quantitative estimate of drug-likeness (QED) is 0.214. The molecule has 0 unspecified atom stereocenters. The lowest BCUT2D eigenvalue weighted by Crippen LogP contribution is -2.41. The first-order valence-electron chi connectivity index (χ1n) is 13.7. The zero-order chi connectivity index (χ0) is 29.1. The molecule has 2 aromatic carbocycles. The molecule has 216 valence electrons. The monoisotopic (exact) mass is 567 g/mol. The molecule has 2 N–H and O–H groups in total. The van der Waals surface area contributed by atoms with Crippen LogP contribution < -0.4 is 5.32 Å². The van der Waals surface area contributed by atoms with Crippen molar-refractivity contribution in [3.05, 3.63) is 77.0 Å². The number of ether oxygens (including phenoxy) is 1. The van der Waals surface area contributed by atoms with Crippen molar-refractivity contribution in [1.29, 1.82) is 0 Å². The van der Waals surface area contributed by atoms with Crippen LogP contribution in [0.4, 0.5) is 0 Å². The van der Waals surface area contributed by atoms with Crippen LogP contribution in [0.5, 0.6) is 0 Å². The van der Waals surface area contributed by atoms with Gasteiger partial charge in [-0.3, -0.25) is 4.79 Å². The number of amides is 1. The van der Waals surface area contributed by atoms with Crippen molar-refractivity contribution in [2.75, 3.05) is 26.1 Å². The number of nitrogens with zero attached hydrogens (tertiary/aromatic N) is 2. The highest BCUT2D eigenvalue weighted by Crippen LogP contribution is 2.31. The molecule has 1 heterocycles. The lowest BCUT2D eigenvalue weighted by atomic mass is 9.93. The molecule has 0 aliphatic rings. The Bertz CT molecular complexity index is 1260. The number of thioether (sulfide) groups is 1. The molecule has 0 saturated carbocycles. The largest absolute Gasteiger partial charge is 0.480 e. The van der Waals surface area contributed by atoms with Gasteiger partial charge in [0.05, 0.1) is 19.3 Å². The van der Waals surface area contributed by atoms with Gasteiger partial charge in [0.15, 0.2) is 5.76 Å². The zero-order valence-electron chi connectivity index (χ0n) is 24.1. The van der Waals surface area contributed by atoms with Crippen LogP contribution in [0.1, 0.15) is 71.8 Å². The molecule has 8 nitrogen and oxygen atoms in total. The molecule has 0 spiro atoms. The van der Waals surface area contributed by atoms with E-state index in [0.717, 1.165) is 41.5 Å². The van der Waals surface area contributed by atoms with Crippen molar-refractivity contribution < 1.29 is 23.8 Å². The number of aryl methyl sites for hydroxylation is 1. The van der Waals surface area contributed by atoms with E-state index in [9.17, 15) is 14.7 Å². The molecule has 1 aromatic heterocycles. The number of hydrogen-bond donors (Lipinski definition) is 2. The van der Waals surface area contributed by atoms with Gasteiger partial charge in [0, 0.05) is 5.56 Å². The molecule has 0 aliphatic heterocycles. The molecule has 0 saturated heterocycles. The normalized spacial score (nSPS) is 12.8. The Morgan fingerprint density at radius 3 is 2.60 bits per heavy atom. The van der Waals surface area contributed by atoms with Crippen LogP contribution in [0, 0.1) is 6.92 Å². The molecule has 0 fully saturated rings. The van der Waals surface area contributed by atoms with E-state index in [4.69, 9.17) is 9.15 Å². The van der Waals surface area contributed by atoms with Crippen LogP contribution in [0.2, 0.25) is 0 Å². The van der Waals surface area contributed by atoms with Gasteiger partial charge in [0.25, 0.3) is 5.91 Å². The van der Waals surface area contributed by atoms with Gasteiger partial charge in [0.2, 0.25) is 5.89 Å². The second-order valence-corrected chi connectivity index (χ2v) is 11.2. The van der Waals surface area contributed by atoms with Gasteiger partial charge in [-0.1, -0.05) is 50.1 Å². The van der Waals surface area contributed by atoms with Gasteiger partial charge in [0.1, 0.15) is 12.1 Å². The molecule has 0 bridgehead atoms. The third-order valence-electron chi connectivity index (χ3n) is 6.59. The Kier molecular flexibility index (Phi) is 12.2. The smallest absolute Gasteiger partial charge is 0.326 e. The maximum atomic E-state index is 13.4. The lowest BCUT2D eigenvalue weighted by molar-refractivity contribution is -0.139. The van der Waals surface area contributed by atoms with Crippen LogP contribution in [0.15, 0.2) is 53.1 Å². The number of unbranched alkanes of at least 4 members (excludes halogenated alkanes) is 1. The number of hydrogen-bond acceptors (Lipinski definition) is 7. The molecular formula is C31H41N3O5S. The summed E-state index contributed by atoms with van der Waals surface area (Å²) in [6, 6.07) is 12.5. The SMILES string of the molecule is CCCC[C@@H](OCc1ccc(C(=O)N[C@@H](CCSC)C(=O)O)c(-c2ccccc2C)c1)c1cnc(CN(C)C)o1. The summed E-state index contributed by atoms with van der Waals surface area (Å²) in [5, 5.41) is 12.4. The maximum Gasteiger partial charge on any atom is 0.326 e. The van der Waals surface area contributed by atoms with E-state index in [1.807, 2.05) is 68.6 Å². The highest BCUT2D eigenvalue weighted by Gasteiger charge is 2.23. The fraction of sp³-hybridized carbons (Fsp3) is 0.452. The van der Waals surface area contributed by atoms with E-state index >= 15 is 0 Å². The molecule has 3 aromatic rings. The number of carboxylic acids is 1. The minimum Gasteiger partial charge on any atom is -0.480 e. The highest BCUT2D eigenvalue weighted by atomic mass is 32.2. The number of carbonyl (C=O) groups excluding carboxylic acids is 1. The summed E-state index contributed by atoms with van der Waals surface area (Å²) in [5.74, 6) is 0.559. The fourth-order valence-electron chi connectivity index (χ4n) is 4.42. The maximum absolute atomic E-state index is 13.4. The summed E-state index contributed by atoms with van der Waals surface area (Å²) in [6.45, 7) is 5.08. The van der Waals surface area contributed by atoms with Crippen molar-refractivity contribution in [3.8, 4) is 11.1 Å². The van der Waals surface area contributed by atoms with Gasteiger partial charge < -0.3 is 24.5 Å². The van der Waals surface area contributed by atoms with Crippen molar-refractivity contribution in [1.82, 2.24) is 15.2 Å². The fourth-order valence-corrected chi connectivity index (χ4v) is 4.89. The van der Waals surface area contributed by atoms with Crippen LogP contribution in [-0.4, -0.2) is 59.0 Å².